The van der Waals surface area contributed by atoms with Gasteiger partial charge in [0.05, 0.1) is 11.1 Å². The van der Waals surface area contributed by atoms with Crippen molar-refractivity contribution in [2.24, 2.45) is 0 Å². The number of unbranched alkanes of at least 4 members (excludes halogenated alkanes) is 1. The fourth-order valence-electron chi connectivity index (χ4n) is 2.49. The molecule has 27 heavy (non-hydrogen) atoms. The Balaban J connectivity index is 2.29. The minimum absolute atomic E-state index is 0.0692. The summed E-state index contributed by atoms with van der Waals surface area (Å²) in [5.41, 5.74) is 0.137. The number of carboxylic acids is 1. The highest BCUT2D eigenvalue weighted by Gasteiger charge is 2.32. The van der Waals surface area contributed by atoms with Gasteiger partial charge < -0.3 is 15.2 Å². The van der Waals surface area contributed by atoms with Crippen molar-refractivity contribution in [3.05, 3.63) is 59.2 Å². The Morgan fingerprint density at radius 1 is 1.11 bits per heavy atom. The third kappa shape index (κ3) is 5.73. The van der Waals surface area contributed by atoms with E-state index in [1.165, 1.54) is 36.4 Å². The molecule has 2 aromatic rings. The van der Waals surface area contributed by atoms with E-state index in [4.69, 9.17) is 5.11 Å². The van der Waals surface area contributed by atoms with Crippen LogP contribution in [0, 0.1) is 0 Å². The summed E-state index contributed by atoms with van der Waals surface area (Å²) in [6.45, 7) is 1.92. The van der Waals surface area contributed by atoms with E-state index >= 15 is 0 Å². The number of carbonyl (C=O) groups excluding carboxylic acids is 1. The van der Waals surface area contributed by atoms with Gasteiger partial charge in [-0.2, -0.15) is 0 Å². The van der Waals surface area contributed by atoms with E-state index in [2.05, 4.69) is 10.1 Å². The van der Waals surface area contributed by atoms with Crippen LogP contribution in [0.3, 0.4) is 0 Å². The lowest BCUT2D eigenvalue weighted by Crippen LogP contribution is -2.19. The summed E-state index contributed by atoms with van der Waals surface area (Å²) in [5, 5.41) is 11.6. The number of amides is 1. The summed E-state index contributed by atoms with van der Waals surface area (Å²) in [6, 6.07) is 9.54. The maximum absolute atomic E-state index is 12.7. The number of aryl methyl sites for hydroxylation is 1. The maximum atomic E-state index is 12.7. The number of hydrogen-bond acceptors (Lipinski definition) is 3. The monoisotopic (exact) mass is 381 g/mol. The largest absolute Gasteiger partial charge is 0.573 e. The average molecular weight is 381 g/mol. The van der Waals surface area contributed by atoms with Crippen LogP contribution in [0.25, 0.3) is 0 Å². The molecule has 0 aliphatic rings. The highest BCUT2D eigenvalue weighted by molar-refractivity contribution is 6.10. The fourth-order valence-corrected chi connectivity index (χ4v) is 2.49. The summed E-state index contributed by atoms with van der Waals surface area (Å²) in [7, 11) is 0. The van der Waals surface area contributed by atoms with Crippen molar-refractivity contribution >= 4 is 17.6 Å². The molecule has 2 aromatic carbocycles. The zero-order valence-corrected chi connectivity index (χ0v) is 14.5. The number of benzene rings is 2. The minimum atomic E-state index is -4.86. The van der Waals surface area contributed by atoms with Crippen molar-refractivity contribution < 1.29 is 32.6 Å². The van der Waals surface area contributed by atoms with Crippen LogP contribution >= 0.6 is 0 Å². The van der Waals surface area contributed by atoms with Gasteiger partial charge in [-0.1, -0.05) is 31.5 Å². The standard InChI is InChI=1S/C19H18F3NO4/c1-2-3-6-12-9-10-13(11-16(12)27-19(20,21)22)23-17(24)14-7-4-5-8-15(14)18(25)26/h4-5,7-11H,2-3,6H2,1H3,(H,23,24)(H,25,26). The molecule has 0 heterocycles. The van der Waals surface area contributed by atoms with Crippen molar-refractivity contribution in [1.82, 2.24) is 0 Å². The summed E-state index contributed by atoms with van der Waals surface area (Å²) < 4.78 is 42.1. The van der Waals surface area contributed by atoms with E-state index in [1.54, 1.807) is 0 Å². The molecule has 0 aliphatic carbocycles. The summed E-state index contributed by atoms with van der Waals surface area (Å²) in [6.07, 6.45) is -2.97. The Bertz CT molecular complexity index is 834. The molecule has 1 amide bonds. The average Bonchev–Trinajstić information content (AvgIpc) is 2.59. The smallest absolute Gasteiger partial charge is 0.478 e. The van der Waals surface area contributed by atoms with Gasteiger partial charge in [-0.3, -0.25) is 4.79 Å². The van der Waals surface area contributed by atoms with E-state index in [9.17, 15) is 22.8 Å². The second-order valence-corrected chi connectivity index (χ2v) is 5.78. The zero-order valence-electron chi connectivity index (χ0n) is 14.5. The lowest BCUT2D eigenvalue weighted by Gasteiger charge is -2.15. The lowest BCUT2D eigenvalue weighted by atomic mass is 10.1. The van der Waals surface area contributed by atoms with Gasteiger partial charge in [-0.25, -0.2) is 4.79 Å². The molecule has 144 valence electrons. The van der Waals surface area contributed by atoms with Gasteiger partial charge >= 0.3 is 12.3 Å². The third-order valence-corrected chi connectivity index (χ3v) is 3.75. The third-order valence-electron chi connectivity index (χ3n) is 3.75. The van der Waals surface area contributed by atoms with E-state index in [0.717, 1.165) is 12.5 Å². The van der Waals surface area contributed by atoms with Crippen molar-refractivity contribution in [3.63, 3.8) is 0 Å². The maximum Gasteiger partial charge on any atom is 0.573 e. The van der Waals surface area contributed by atoms with Crippen LogP contribution in [-0.4, -0.2) is 23.3 Å². The predicted octanol–water partition coefficient (Wildman–Crippen LogP) is 4.88. The highest BCUT2D eigenvalue weighted by Crippen LogP contribution is 2.30. The van der Waals surface area contributed by atoms with E-state index < -0.39 is 18.2 Å². The van der Waals surface area contributed by atoms with E-state index in [-0.39, 0.29) is 22.6 Å². The van der Waals surface area contributed by atoms with Crippen LogP contribution in [0.1, 0.15) is 46.0 Å². The van der Waals surface area contributed by atoms with Gasteiger partial charge in [-0.15, -0.1) is 13.2 Å². The molecule has 0 radical (unpaired) electrons. The number of carboxylic acid groups (broad SMARTS) is 1. The van der Waals surface area contributed by atoms with Crippen molar-refractivity contribution in [2.75, 3.05) is 5.32 Å². The number of anilines is 1. The number of ether oxygens (including phenoxy) is 1. The summed E-state index contributed by atoms with van der Waals surface area (Å²) >= 11 is 0. The summed E-state index contributed by atoms with van der Waals surface area (Å²) in [5.74, 6) is -2.41. The van der Waals surface area contributed by atoms with Crippen LogP contribution < -0.4 is 10.1 Å². The summed E-state index contributed by atoms with van der Waals surface area (Å²) in [4.78, 5) is 23.6. The van der Waals surface area contributed by atoms with Gasteiger partial charge in [0.15, 0.2) is 0 Å². The molecule has 0 fully saturated rings. The van der Waals surface area contributed by atoms with Gasteiger partial charge in [0, 0.05) is 11.8 Å². The molecule has 8 heteroatoms. The van der Waals surface area contributed by atoms with Crippen LogP contribution in [0.15, 0.2) is 42.5 Å². The van der Waals surface area contributed by atoms with Crippen LogP contribution in [0.2, 0.25) is 0 Å². The van der Waals surface area contributed by atoms with E-state index in [0.29, 0.717) is 18.4 Å². The second-order valence-electron chi connectivity index (χ2n) is 5.78. The number of halogens is 3. The van der Waals surface area contributed by atoms with Crippen LogP contribution in [0.5, 0.6) is 5.75 Å². The number of rotatable bonds is 7. The van der Waals surface area contributed by atoms with Gasteiger partial charge in [0.25, 0.3) is 5.91 Å². The highest BCUT2D eigenvalue weighted by atomic mass is 19.4. The number of hydrogen-bond donors (Lipinski definition) is 2. The quantitative estimate of drug-likeness (QED) is 0.717. The van der Waals surface area contributed by atoms with Crippen molar-refractivity contribution in [2.45, 2.75) is 32.5 Å². The lowest BCUT2D eigenvalue weighted by molar-refractivity contribution is -0.274. The molecule has 0 saturated carbocycles. The molecule has 0 spiro atoms. The second kappa shape index (κ2) is 8.57. The first-order valence-electron chi connectivity index (χ1n) is 8.23. The Hall–Kier alpha value is -3.03. The molecule has 0 bridgehead atoms. The molecule has 2 N–H and O–H groups in total. The predicted molar refractivity (Wildman–Crippen MR) is 93.1 cm³/mol. The molecular weight excluding hydrogens is 363 g/mol. The number of alkyl halides is 3. The Morgan fingerprint density at radius 2 is 1.78 bits per heavy atom. The topological polar surface area (TPSA) is 75.6 Å². The number of aromatic carboxylic acids is 1. The van der Waals surface area contributed by atoms with Gasteiger partial charge in [0.2, 0.25) is 0 Å². The molecule has 5 nitrogen and oxygen atoms in total. The fraction of sp³-hybridized carbons (Fsp3) is 0.263. The molecular formula is C19H18F3NO4. The number of nitrogens with one attached hydrogen (secondary N) is 1. The van der Waals surface area contributed by atoms with Gasteiger partial charge in [-0.05, 0) is 36.6 Å². The first-order chi connectivity index (χ1) is 12.7. The van der Waals surface area contributed by atoms with Gasteiger partial charge in [0.1, 0.15) is 5.75 Å². The first kappa shape index (κ1) is 20.3. The van der Waals surface area contributed by atoms with Crippen LogP contribution in [0.4, 0.5) is 18.9 Å². The Labute approximate surface area is 153 Å². The number of carbonyl (C=O) groups is 2. The molecule has 0 aliphatic heterocycles. The van der Waals surface area contributed by atoms with Crippen molar-refractivity contribution in [1.29, 1.82) is 0 Å². The van der Waals surface area contributed by atoms with E-state index in [1.807, 2.05) is 6.92 Å². The Morgan fingerprint density at radius 3 is 2.37 bits per heavy atom. The molecule has 0 saturated heterocycles. The first-order valence-corrected chi connectivity index (χ1v) is 8.23. The molecule has 2 rings (SSSR count). The van der Waals surface area contributed by atoms with Crippen LogP contribution in [-0.2, 0) is 6.42 Å². The Kier molecular flexibility index (Phi) is 6.44. The molecule has 0 unspecified atom stereocenters. The zero-order chi connectivity index (χ0) is 20.0. The SMILES string of the molecule is CCCCc1ccc(NC(=O)c2ccccc2C(=O)O)cc1OC(F)(F)F. The van der Waals surface area contributed by atoms with Crippen molar-refractivity contribution in [3.8, 4) is 5.75 Å². The molecule has 0 aromatic heterocycles. The minimum Gasteiger partial charge on any atom is -0.478 e. The molecule has 0 atom stereocenters. The normalized spacial score (nSPS) is 11.1.